The molecule has 0 aliphatic carbocycles. The Hall–Kier alpha value is -1.99. The first kappa shape index (κ1) is 18.8. The van der Waals surface area contributed by atoms with Gasteiger partial charge < -0.3 is 10.0 Å². The van der Waals surface area contributed by atoms with E-state index in [1.807, 2.05) is 0 Å². The lowest BCUT2D eigenvalue weighted by molar-refractivity contribution is -0.00973. The Labute approximate surface area is 158 Å². The number of urea groups is 1. The number of benzene rings is 1. The van der Waals surface area contributed by atoms with Crippen molar-refractivity contribution in [2.24, 2.45) is 5.92 Å². The molecule has 2 N–H and O–H groups in total. The summed E-state index contributed by atoms with van der Waals surface area (Å²) in [4.78, 5) is 14.3. The molecule has 2 heterocycles. The van der Waals surface area contributed by atoms with Crippen LogP contribution in [0.1, 0.15) is 42.8 Å². The first-order valence-corrected chi connectivity index (χ1v) is 9.79. The molecule has 0 saturated carbocycles. The molecule has 1 fully saturated rings. The van der Waals surface area contributed by atoms with Crippen molar-refractivity contribution in [2.45, 2.75) is 45.6 Å². The van der Waals surface area contributed by atoms with Crippen molar-refractivity contribution >= 4 is 22.5 Å². The normalized spacial score (nSPS) is 18.0. The number of aryl methyl sites for hydroxylation is 1. The van der Waals surface area contributed by atoms with Crippen LogP contribution in [0.5, 0.6) is 0 Å². The first-order chi connectivity index (χ1) is 12.3. The van der Waals surface area contributed by atoms with E-state index >= 15 is 0 Å². The number of anilines is 1. The van der Waals surface area contributed by atoms with E-state index in [1.165, 1.54) is 22.5 Å². The predicted octanol–water partition coefficient (Wildman–Crippen LogP) is 3.45. The fourth-order valence-corrected chi connectivity index (χ4v) is 3.93. The summed E-state index contributed by atoms with van der Waals surface area (Å²) in [6.45, 7) is 6.94. The number of carbonyl (C=O) groups is 1. The zero-order chi connectivity index (χ0) is 18.7. The van der Waals surface area contributed by atoms with Crippen molar-refractivity contribution in [2.75, 3.05) is 18.4 Å². The van der Waals surface area contributed by atoms with Gasteiger partial charge in [-0.15, -0.1) is 10.2 Å². The molecule has 7 heteroatoms. The maximum atomic E-state index is 12.5. The number of aliphatic hydroxyl groups is 1. The molecule has 2 aromatic rings. The van der Waals surface area contributed by atoms with E-state index in [4.69, 9.17) is 0 Å². The maximum Gasteiger partial charge on any atom is 0.323 e. The van der Waals surface area contributed by atoms with Crippen LogP contribution < -0.4 is 5.32 Å². The van der Waals surface area contributed by atoms with Crippen molar-refractivity contribution in [3.63, 3.8) is 0 Å². The Morgan fingerprint density at radius 3 is 2.77 bits per heavy atom. The van der Waals surface area contributed by atoms with Gasteiger partial charge in [0.2, 0.25) is 5.13 Å². The van der Waals surface area contributed by atoms with E-state index in [-0.39, 0.29) is 11.9 Å². The van der Waals surface area contributed by atoms with Gasteiger partial charge in [-0.25, -0.2) is 4.79 Å². The Morgan fingerprint density at radius 2 is 2.08 bits per heavy atom. The van der Waals surface area contributed by atoms with Crippen LogP contribution in [0.3, 0.4) is 0 Å². The summed E-state index contributed by atoms with van der Waals surface area (Å²) in [5, 5.41) is 22.7. The lowest BCUT2D eigenvalue weighted by Gasteiger charge is -2.38. The number of hydrogen-bond acceptors (Lipinski definition) is 5. The van der Waals surface area contributed by atoms with E-state index in [0.717, 1.165) is 17.8 Å². The van der Waals surface area contributed by atoms with Gasteiger partial charge in [-0.3, -0.25) is 5.32 Å². The molecule has 6 nitrogen and oxygen atoms in total. The summed E-state index contributed by atoms with van der Waals surface area (Å²) in [5.74, 6) is 0.0912. The highest BCUT2D eigenvalue weighted by Gasteiger charge is 2.33. The average Bonchev–Trinajstić information content (AvgIpc) is 3.03. The van der Waals surface area contributed by atoms with Crippen molar-refractivity contribution in [1.29, 1.82) is 0 Å². The van der Waals surface area contributed by atoms with Gasteiger partial charge in [0.1, 0.15) is 5.01 Å². The summed E-state index contributed by atoms with van der Waals surface area (Å²) in [6.07, 6.45) is 2.54. The highest BCUT2D eigenvalue weighted by Crippen LogP contribution is 2.27. The summed E-state index contributed by atoms with van der Waals surface area (Å²) in [6, 6.07) is 8.15. The average molecular weight is 375 g/mol. The van der Waals surface area contributed by atoms with E-state index in [9.17, 15) is 9.90 Å². The number of rotatable bonds is 4. The smallest absolute Gasteiger partial charge is 0.323 e. The largest absolute Gasteiger partial charge is 0.390 e. The van der Waals surface area contributed by atoms with E-state index in [2.05, 4.69) is 46.7 Å². The summed E-state index contributed by atoms with van der Waals surface area (Å²) in [5.41, 5.74) is 1.63. The SMILES string of the molecule is Cc1ccc(Cc2nnc(NC(=O)N3CCC[C@H](C(C)(C)O)C3)s2)cc1. The van der Waals surface area contributed by atoms with Crippen LogP contribution in [-0.4, -0.2) is 44.9 Å². The Morgan fingerprint density at radius 1 is 1.35 bits per heavy atom. The van der Waals surface area contributed by atoms with E-state index in [0.29, 0.717) is 24.6 Å². The summed E-state index contributed by atoms with van der Waals surface area (Å²) in [7, 11) is 0. The second-order valence-electron chi connectivity index (χ2n) is 7.53. The van der Waals surface area contributed by atoms with Crippen LogP contribution >= 0.6 is 11.3 Å². The fourth-order valence-electron chi connectivity index (χ4n) is 3.16. The molecule has 1 aromatic carbocycles. The van der Waals surface area contributed by atoms with Crippen LogP contribution in [0, 0.1) is 12.8 Å². The lowest BCUT2D eigenvalue weighted by atomic mass is 9.84. The molecular formula is C19H26N4O2S. The predicted molar refractivity (Wildman–Crippen MR) is 104 cm³/mol. The highest BCUT2D eigenvalue weighted by molar-refractivity contribution is 7.15. The molecule has 0 bridgehead atoms. The van der Waals surface area contributed by atoms with Gasteiger partial charge in [-0.1, -0.05) is 41.2 Å². The number of nitrogens with one attached hydrogen (secondary N) is 1. The van der Waals surface area contributed by atoms with E-state index in [1.54, 1.807) is 18.7 Å². The van der Waals surface area contributed by atoms with Crippen molar-refractivity contribution in [3.05, 3.63) is 40.4 Å². The van der Waals surface area contributed by atoms with Crippen LogP contribution in [0.2, 0.25) is 0 Å². The van der Waals surface area contributed by atoms with Gasteiger partial charge in [0.15, 0.2) is 0 Å². The number of nitrogens with zero attached hydrogens (tertiary/aromatic N) is 3. The molecular weight excluding hydrogens is 348 g/mol. The second kappa shape index (κ2) is 7.72. The molecule has 1 atom stereocenters. The van der Waals surface area contributed by atoms with Gasteiger partial charge in [0.05, 0.1) is 5.60 Å². The number of carbonyl (C=O) groups excluding carboxylic acids is 1. The third-order valence-corrected chi connectivity index (χ3v) is 5.70. The number of aromatic nitrogens is 2. The minimum atomic E-state index is -0.775. The Kier molecular flexibility index (Phi) is 5.58. The molecule has 140 valence electrons. The molecule has 26 heavy (non-hydrogen) atoms. The molecule has 1 aliphatic heterocycles. The third-order valence-electron chi connectivity index (χ3n) is 4.86. The van der Waals surface area contributed by atoms with Gasteiger partial charge in [-0.05, 0) is 39.2 Å². The summed E-state index contributed by atoms with van der Waals surface area (Å²) >= 11 is 1.40. The standard InChI is InChI=1S/C19H26N4O2S/c1-13-6-8-14(9-7-13)11-16-21-22-17(26-16)20-18(24)23-10-4-5-15(12-23)19(2,3)25/h6-9,15,25H,4-5,10-12H2,1-3H3,(H,20,22,24)/t15-/m0/s1. The molecule has 3 rings (SSSR count). The monoisotopic (exact) mass is 374 g/mol. The van der Waals surface area contributed by atoms with Gasteiger partial charge in [0.25, 0.3) is 0 Å². The minimum Gasteiger partial charge on any atom is -0.390 e. The molecule has 0 unspecified atom stereocenters. The molecule has 1 aromatic heterocycles. The van der Waals surface area contributed by atoms with Crippen molar-refractivity contribution < 1.29 is 9.90 Å². The van der Waals surface area contributed by atoms with Gasteiger partial charge >= 0.3 is 6.03 Å². The van der Waals surface area contributed by atoms with Crippen LogP contribution in [-0.2, 0) is 6.42 Å². The minimum absolute atomic E-state index is 0.0912. The number of hydrogen-bond donors (Lipinski definition) is 2. The van der Waals surface area contributed by atoms with Crippen molar-refractivity contribution in [1.82, 2.24) is 15.1 Å². The van der Waals surface area contributed by atoms with Gasteiger partial charge in [-0.2, -0.15) is 0 Å². The van der Waals surface area contributed by atoms with Crippen LogP contribution in [0.15, 0.2) is 24.3 Å². The fraction of sp³-hybridized carbons (Fsp3) is 0.526. The Balaban J connectivity index is 1.58. The third kappa shape index (κ3) is 4.80. The quantitative estimate of drug-likeness (QED) is 0.859. The topological polar surface area (TPSA) is 78.4 Å². The molecule has 2 amide bonds. The van der Waals surface area contributed by atoms with Crippen molar-refractivity contribution in [3.8, 4) is 0 Å². The van der Waals surface area contributed by atoms with Gasteiger partial charge in [0, 0.05) is 25.4 Å². The maximum absolute atomic E-state index is 12.5. The molecule has 1 aliphatic rings. The first-order valence-electron chi connectivity index (χ1n) is 8.97. The van der Waals surface area contributed by atoms with Crippen LogP contribution in [0.25, 0.3) is 0 Å². The molecule has 0 radical (unpaired) electrons. The highest BCUT2D eigenvalue weighted by atomic mass is 32.1. The number of piperidine rings is 1. The summed E-state index contributed by atoms with van der Waals surface area (Å²) < 4.78 is 0. The number of amides is 2. The van der Waals surface area contributed by atoms with E-state index < -0.39 is 5.60 Å². The molecule has 0 spiro atoms. The molecule has 1 saturated heterocycles. The zero-order valence-corrected chi connectivity index (χ0v) is 16.3. The zero-order valence-electron chi connectivity index (χ0n) is 15.5. The number of likely N-dealkylation sites (tertiary alicyclic amines) is 1. The van der Waals surface area contributed by atoms with Crippen LogP contribution in [0.4, 0.5) is 9.93 Å². The Bertz CT molecular complexity index is 752. The lowest BCUT2D eigenvalue weighted by Crippen LogP contribution is -2.48. The second-order valence-corrected chi connectivity index (χ2v) is 8.59.